The molecule has 1 nitrogen and oxygen atoms in total. The van der Waals surface area contributed by atoms with Gasteiger partial charge in [0.25, 0.3) is 0 Å². The summed E-state index contributed by atoms with van der Waals surface area (Å²) in [6, 6.07) is 3.86. The highest BCUT2D eigenvalue weighted by molar-refractivity contribution is 9.10. The van der Waals surface area contributed by atoms with E-state index in [0.29, 0.717) is 16.6 Å². The quantitative estimate of drug-likeness (QED) is 0.756. The van der Waals surface area contributed by atoms with Gasteiger partial charge >= 0.3 is 6.18 Å². The maximum absolute atomic E-state index is 12.6. The van der Waals surface area contributed by atoms with Crippen molar-refractivity contribution in [3.05, 3.63) is 40.2 Å². The van der Waals surface area contributed by atoms with E-state index >= 15 is 0 Å². The van der Waals surface area contributed by atoms with Gasteiger partial charge in [0.1, 0.15) is 0 Å². The van der Waals surface area contributed by atoms with Crippen LogP contribution in [0.25, 0.3) is 0 Å². The van der Waals surface area contributed by atoms with E-state index in [4.69, 9.17) is 4.74 Å². The summed E-state index contributed by atoms with van der Waals surface area (Å²) in [6.07, 6.45) is -1.99. The molecular weight excluding hydrogens is 285 g/mol. The smallest absolute Gasteiger partial charge is 0.373 e. The van der Waals surface area contributed by atoms with Gasteiger partial charge in [0.05, 0.1) is 11.7 Å². The lowest BCUT2D eigenvalue weighted by Crippen LogP contribution is -2.07. The Morgan fingerprint density at radius 3 is 2.56 bits per heavy atom. The summed E-state index contributed by atoms with van der Waals surface area (Å²) in [6.45, 7) is 0.568. The number of halogens is 4. The second-order valence-corrected chi connectivity index (χ2v) is 4.50. The van der Waals surface area contributed by atoms with Gasteiger partial charge in [-0.25, -0.2) is 0 Å². The molecule has 1 heterocycles. The molecule has 1 aliphatic heterocycles. The lowest BCUT2D eigenvalue weighted by atomic mass is 10.0. The van der Waals surface area contributed by atoms with Crippen LogP contribution in [0.4, 0.5) is 13.2 Å². The summed E-state index contributed by atoms with van der Waals surface area (Å²) in [5.41, 5.74) is -0.111. The predicted octanol–water partition coefficient (Wildman–Crippen LogP) is 4.13. The minimum absolute atomic E-state index is 0.321. The molecule has 0 bridgehead atoms. The van der Waals surface area contributed by atoms with Crippen LogP contribution in [0.2, 0.25) is 0 Å². The highest BCUT2D eigenvalue weighted by Gasteiger charge is 2.32. The Kier molecular flexibility index (Phi) is 3.26. The van der Waals surface area contributed by atoms with Crippen LogP contribution in [0.15, 0.2) is 22.7 Å². The van der Waals surface area contributed by atoms with Crippen molar-refractivity contribution in [3.63, 3.8) is 0 Å². The van der Waals surface area contributed by atoms with Gasteiger partial charge in [-0.1, -0.05) is 15.9 Å². The van der Waals surface area contributed by atoms with Crippen LogP contribution in [0, 0.1) is 6.42 Å². The fraction of sp³-hybridized carbons (Fsp3) is 0.364. The Hall–Kier alpha value is -0.550. The molecule has 87 valence electrons. The third-order valence-corrected chi connectivity index (χ3v) is 2.83. The number of alkyl halides is 3. The zero-order chi connectivity index (χ0) is 11.8. The Morgan fingerprint density at radius 2 is 2.00 bits per heavy atom. The van der Waals surface area contributed by atoms with Crippen LogP contribution in [0.3, 0.4) is 0 Å². The first kappa shape index (κ1) is 11.9. The molecule has 1 aromatic carbocycles. The lowest BCUT2D eigenvalue weighted by molar-refractivity contribution is -0.137. The van der Waals surface area contributed by atoms with Gasteiger partial charge in [-0.2, -0.15) is 13.2 Å². The van der Waals surface area contributed by atoms with Gasteiger partial charge in [-0.05, 0) is 36.6 Å². The average Bonchev–Trinajstić information content (AvgIpc) is 2.68. The molecule has 0 saturated carbocycles. The number of hydrogen-bond donors (Lipinski definition) is 0. The molecule has 1 fully saturated rings. The first-order chi connectivity index (χ1) is 7.47. The van der Waals surface area contributed by atoms with E-state index in [1.54, 1.807) is 6.07 Å². The van der Waals surface area contributed by atoms with Gasteiger partial charge in [0.2, 0.25) is 0 Å². The summed E-state index contributed by atoms with van der Waals surface area (Å²) < 4.78 is 43.4. The normalized spacial score (nSPS) is 21.4. The largest absolute Gasteiger partial charge is 0.416 e. The first-order valence-corrected chi connectivity index (χ1v) is 5.59. The van der Waals surface area contributed by atoms with Gasteiger partial charge in [-0.15, -0.1) is 0 Å². The summed E-state index contributed by atoms with van der Waals surface area (Å²) in [5, 5.41) is 0. The lowest BCUT2D eigenvalue weighted by Gasteiger charge is -2.13. The van der Waals surface area contributed by atoms with Crippen molar-refractivity contribution < 1.29 is 17.9 Å². The van der Waals surface area contributed by atoms with Crippen molar-refractivity contribution in [1.29, 1.82) is 0 Å². The fourth-order valence-electron chi connectivity index (χ4n) is 1.66. The van der Waals surface area contributed by atoms with Crippen molar-refractivity contribution >= 4 is 15.9 Å². The van der Waals surface area contributed by atoms with Gasteiger partial charge in [0, 0.05) is 11.1 Å². The molecule has 1 saturated heterocycles. The SMILES string of the molecule is FC(F)(F)c1cc(Br)cc(C2[CH]CCO2)c1. The Balaban J connectivity index is 2.35. The van der Waals surface area contributed by atoms with Gasteiger partial charge < -0.3 is 4.74 Å². The predicted molar refractivity (Wildman–Crippen MR) is 56.8 cm³/mol. The molecule has 0 aromatic heterocycles. The first-order valence-electron chi connectivity index (χ1n) is 4.79. The second kappa shape index (κ2) is 4.37. The number of ether oxygens (including phenoxy) is 1. The van der Waals surface area contributed by atoms with E-state index in [2.05, 4.69) is 15.9 Å². The summed E-state index contributed by atoms with van der Waals surface area (Å²) in [5.74, 6) is 0. The zero-order valence-corrected chi connectivity index (χ0v) is 9.81. The second-order valence-electron chi connectivity index (χ2n) is 3.59. The van der Waals surface area contributed by atoms with Crippen molar-refractivity contribution in [3.8, 4) is 0 Å². The van der Waals surface area contributed by atoms with Crippen LogP contribution in [-0.2, 0) is 10.9 Å². The molecule has 1 aliphatic rings. The van der Waals surface area contributed by atoms with Crippen LogP contribution >= 0.6 is 15.9 Å². The molecule has 0 spiro atoms. The Morgan fingerprint density at radius 1 is 1.25 bits per heavy atom. The van der Waals surface area contributed by atoms with E-state index < -0.39 is 11.7 Å². The van der Waals surface area contributed by atoms with E-state index in [0.717, 1.165) is 18.6 Å². The highest BCUT2D eigenvalue weighted by Crippen LogP contribution is 2.36. The fourth-order valence-corrected chi connectivity index (χ4v) is 2.17. The Bertz CT molecular complexity index is 383. The van der Waals surface area contributed by atoms with E-state index in [9.17, 15) is 13.2 Å². The van der Waals surface area contributed by atoms with Crippen LogP contribution < -0.4 is 0 Å². The number of hydrogen-bond acceptors (Lipinski definition) is 1. The topological polar surface area (TPSA) is 9.23 Å². The van der Waals surface area contributed by atoms with E-state index in [1.165, 1.54) is 0 Å². The maximum atomic E-state index is 12.6. The zero-order valence-electron chi connectivity index (χ0n) is 8.22. The third kappa shape index (κ3) is 2.58. The molecule has 5 heteroatoms. The molecule has 1 atom stereocenters. The monoisotopic (exact) mass is 293 g/mol. The maximum Gasteiger partial charge on any atom is 0.416 e. The average molecular weight is 294 g/mol. The van der Waals surface area contributed by atoms with Gasteiger partial charge in [-0.3, -0.25) is 0 Å². The molecule has 1 unspecified atom stereocenters. The molecule has 0 amide bonds. The summed E-state index contributed by atoms with van der Waals surface area (Å²) >= 11 is 3.08. The minimum atomic E-state index is -4.32. The van der Waals surface area contributed by atoms with Gasteiger partial charge in [0.15, 0.2) is 0 Å². The molecule has 1 aromatic rings. The minimum Gasteiger partial charge on any atom is -0.373 e. The van der Waals surface area contributed by atoms with Crippen molar-refractivity contribution in [2.24, 2.45) is 0 Å². The number of rotatable bonds is 1. The summed E-state index contributed by atoms with van der Waals surface area (Å²) in [7, 11) is 0. The van der Waals surface area contributed by atoms with E-state index in [-0.39, 0.29) is 6.10 Å². The van der Waals surface area contributed by atoms with Crippen molar-refractivity contribution in [2.45, 2.75) is 18.7 Å². The van der Waals surface area contributed by atoms with Crippen LogP contribution in [-0.4, -0.2) is 6.61 Å². The number of benzene rings is 1. The molecule has 1 radical (unpaired) electrons. The van der Waals surface area contributed by atoms with Crippen LogP contribution in [0.5, 0.6) is 0 Å². The Labute approximate surface area is 99.7 Å². The van der Waals surface area contributed by atoms with Crippen LogP contribution in [0.1, 0.15) is 23.7 Å². The molecule has 0 N–H and O–H groups in total. The van der Waals surface area contributed by atoms with E-state index in [1.807, 2.05) is 6.42 Å². The van der Waals surface area contributed by atoms with Crippen molar-refractivity contribution in [1.82, 2.24) is 0 Å². The standard InChI is InChI=1S/C11H9BrF3O/c12-9-5-7(10-2-1-3-16-10)4-8(6-9)11(13,14)15/h2,4-6,10H,1,3H2. The third-order valence-electron chi connectivity index (χ3n) is 2.37. The van der Waals surface area contributed by atoms with Crippen molar-refractivity contribution in [2.75, 3.05) is 6.61 Å². The molecule has 16 heavy (non-hydrogen) atoms. The molecular formula is C11H9BrF3O. The molecule has 2 rings (SSSR count). The molecule has 0 aliphatic carbocycles. The summed E-state index contributed by atoms with van der Waals surface area (Å²) in [4.78, 5) is 0. The highest BCUT2D eigenvalue weighted by atomic mass is 79.9.